The molecular formula is C25H33N3O5S. The highest BCUT2D eigenvalue weighted by molar-refractivity contribution is 7.99. The lowest BCUT2D eigenvalue weighted by molar-refractivity contribution is -0.120. The van der Waals surface area contributed by atoms with Gasteiger partial charge in [0.1, 0.15) is 11.2 Å². The fraction of sp³-hybridized carbons (Fsp3) is 0.560. The van der Waals surface area contributed by atoms with Gasteiger partial charge >= 0.3 is 6.09 Å². The summed E-state index contributed by atoms with van der Waals surface area (Å²) < 4.78 is 11.1. The standard InChI is InChI=1S/C25H33N3O5S/c1-25(2,3)33-24(31)27-18-6-4-16(5-7-18)22(29)26-19-8-9-20-17(14-19)15-21(32-20)23(30)28-10-12-34-13-11-28/h8-9,14-16,18H,4-7,10-13H2,1-3H3,(H,26,29)(H,27,31)/t16-,18-. The Morgan fingerprint density at radius 1 is 1.06 bits per heavy atom. The molecule has 2 aliphatic rings. The lowest BCUT2D eigenvalue weighted by Gasteiger charge is -2.29. The second-order valence-corrected chi connectivity index (χ2v) is 11.2. The number of hydrogen-bond acceptors (Lipinski definition) is 6. The van der Waals surface area contributed by atoms with Crippen LogP contribution in [0.5, 0.6) is 0 Å². The van der Waals surface area contributed by atoms with Crippen LogP contribution in [-0.2, 0) is 9.53 Å². The molecule has 8 nitrogen and oxygen atoms in total. The van der Waals surface area contributed by atoms with Crippen LogP contribution in [0, 0.1) is 5.92 Å². The van der Waals surface area contributed by atoms with E-state index in [4.69, 9.17) is 9.15 Å². The number of anilines is 1. The van der Waals surface area contributed by atoms with Crippen molar-refractivity contribution in [2.75, 3.05) is 29.9 Å². The van der Waals surface area contributed by atoms with Crippen LogP contribution in [0.25, 0.3) is 11.0 Å². The number of carbonyl (C=O) groups excluding carboxylic acids is 3. The number of nitrogens with one attached hydrogen (secondary N) is 2. The van der Waals surface area contributed by atoms with Crippen molar-refractivity contribution in [1.29, 1.82) is 0 Å². The number of furan rings is 1. The fourth-order valence-corrected chi connectivity index (χ4v) is 5.27. The van der Waals surface area contributed by atoms with E-state index >= 15 is 0 Å². The number of fused-ring (bicyclic) bond motifs is 1. The molecule has 9 heteroatoms. The number of rotatable bonds is 4. The summed E-state index contributed by atoms with van der Waals surface area (Å²) in [6.07, 6.45) is 2.46. The van der Waals surface area contributed by atoms with Gasteiger partial charge in [-0.05, 0) is 70.7 Å². The predicted molar refractivity (Wildman–Crippen MR) is 133 cm³/mol. The molecule has 0 spiro atoms. The molecular weight excluding hydrogens is 454 g/mol. The molecule has 1 aromatic heterocycles. The Balaban J connectivity index is 1.31. The van der Waals surface area contributed by atoms with Crippen molar-refractivity contribution in [3.8, 4) is 0 Å². The number of benzene rings is 1. The number of hydrogen-bond donors (Lipinski definition) is 2. The lowest BCUT2D eigenvalue weighted by Crippen LogP contribution is -2.42. The summed E-state index contributed by atoms with van der Waals surface area (Å²) in [4.78, 5) is 39.4. The Hall–Kier alpha value is -2.68. The number of carbonyl (C=O) groups is 3. The topological polar surface area (TPSA) is 101 Å². The molecule has 1 aliphatic heterocycles. The van der Waals surface area contributed by atoms with Crippen LogP contribution in [-0.4, -0.2) is 59.0 Å². The van der Waals surface area contributed by atoms with E-state index in [9.17, 15) is 14.4 Å². The van der Waals surface area contributed by atoms with E-state index in [1.807, 2.05) is 43.5 Å². The SMILES string of the molecule is CC(C)(C)OC(=O)N[C@H]1CC[C@H](C(=O)Nc2ccc3oc(C(=O)N4CCSCC4)cc3c2)CC1. The smallest absolute Gasteiger partial charge is 0.407 e. The van der Waals surface area contributed by atoms with Crippen molar-refractivity contribution in [3.05, 3.63) is 30.0 Å². The quantitative estimate of drug-likeness (QED) is 0.651. The Kier molecular flexibility index (Phi) is 7.40. The predicted octanol–water partition coefficient (Wildman–Crippen LogP) is 4.64. The summed E-state index contributed by atoms with van der Waals surface area (Å²) in [5.41, 5.74) is 0.778. The summed E-state index contributed by atoms with van der Waals surface area (Å²) in [7, 11) is 0. The van der Waals surface area contributed by atoms with Crippen LogP contribution in [0.1, 0.15) is 57.0 Å². The minimum atomic E-state index is -0.530. The molecule has 1 aliphatic carbocycles. The number of alkyl carbamates (subject to hydrolysis) is 1. The molecule has 1 saturated heterocycles. The van der Waals surface area contributed by atoms with Crippen molar-refractivity contribution in [1.82, 2.24) is 10.2 Å². The molecule has 3 amide bonds. The molecule has 34 heavy (non-hydrogen) atoms. The minimum Gasteiger partial charge on any atom is -0.451 e. The molecule has 1 saturated carbocycles. The second-order valence-electron chi connectivity index (χ2n) is 9.95. The van der Waals surface area contributed by atoms with Gasteiger partial charge in [0.25, 0.3) is 5.91 Å². The monoisotopic (exact) mass is 487 g/mol. The van der Waals surface area contributed by atoms with Gasteiger partial charge in [0.05, 0.1) is 0 Å². The zero-order valence-corrected chi connectivity index (χ0v) is 20.8. The molecule has 0 radical (unpaired) electrons. The van der Waals surface area contributed by atoms with Crippen LogP contribution < -0.4 is 10.6 Å². The summed E-state index contributed by atoms with van der Waals surface area (Å²) in [6.45, 7) is 6.97. The summed E-state index contributed by atoms with van der Waals surface area (Å²) in [5, 5.41) is 6.70. The molecule has 1 aromatic carbocycles. The summed E-state index contributed by atoms with van der Waals surface area (Å²) in [6, 6.07) is 7.20. The third-order valence-electron chi connectivity index (χ3n) is 6.11. The Morgan fingerprint density at radius 3 is 2.44 bits per heavy atom. The molecule has 2 heterocycles. The highest BCUT2D eigenvalue weighted by atomic mass is 32.2. The van der Waals surface area contributed by atoms with Crippen LogP contribution in [0.3, 0.4) is 0 Å². The molecule has 184 valence electrons. The van der Waals surface area contributed by atoms with E-state index in [1.165, 1.54) is 0 Å². The fourth-order valence-electron chi connectivity index (χ4n) is 4.37. The highest BCUT2D eigenvalue weighted by Crippen LogP contribution is 2.28. The Labute approximate surface area is 204 Å². The average Bonchev–Trinajstić information content (AvgIpc) is 3.22. The van der Waals surface area contributed by atoms with Crippen LogP contribution >= 0.6 is 11.8 Å². The third-order valence-corrected chi connectivity index (χ3v) is 7.05. The zero-order valence-electron chi connectivity index (χ0n) is 20.0. The van der Waals surface area contributed by atoms with E-state index in [0.29, 0.717) is 29.9 Å². The van der Waals surface area contributed by atoms with Crippen LogP contribution in [0.15, 0.2) is 28.7 Å². The molecule has 0 bridgehead atoms. The normalized spacial score (nSPS) is 21.2. The largest absolute Gasteiger partial charge is 0.451 e. The maximum Gasteiger partial charge on any atom is 0.407 e. The van der Waals surface area contributed by atoms with Gasteiger partial charge in [-0.1, -0.05) is 0 Å². The van der Waals surface area contributed by atoms with E-state index < -0.39 is 11.7 Å². The van der Waals surface area contributed by atoms with Gasteiger partial charge in [-0.15, -0.1) is 0 Å². The summed E-state index contributed by atoms with van der Waals surface area (Å²) in [5.74, 6) is 2.01. The van der Waals surface area contributed by atoms with E-state index in [1.54, 1.807) is 18.2 Å². The number of amides is 3. The number of nitrogens with zero attached hydrogens (tertiary/aromatic N) is 1. The van der Waals surface area contributed by atoms with Crippen LogP contribution in [0.4, 0.5) is 10.5 Å². The average molecular weight is 488 g/mol. The first kappa shape index (κ1) is 24.4. The first-order chi connectivity index (χ1) is 16.2. The van der Waals surface area contributed by atoms with Crippen molar-refractivity contribution in [2.24, 2.45) is 5.92 Å². The summed E-state index contributed by atoms with van der Waals surface area (Å²) >= 11 is 1.85. The number of ether oxygens (including phenoxy) is 1. The highest BCUT2D eigenvalue weighted by Gasteiger charge is 2.28. The Morgan fingerprint density at radius 2 is 1.76 bits per heavy atom. The van der Waals surface area contributed by atoms with Gasteiger partial charge in [-0.25, -0.2) is 4.79 Å². The molecule has 0 unspecified atom stereocenters. The Bertz CT molecular complexity index is 1050. The maximum absolute atomic E-state index is 12.8. The van der Waals surface area contributed by atoms with E-state index in [-0.39, 0.29) is 23.8 Å². The number of thioether (sulfide) groups is 1. The van der Waals surface area contributed by atoms with Gasteiger partial charge in [0.2, 0.25) is 5.91 Å². The second kappa shape index (κ2) is 10.3. The van der Waals surface area contributed by atoms with Gasteiger partial charge in [0.15, 0.2) is 5.76 Å². The molecule has 0 atom stereocenters. The lowest BCUT2D eigenvalue weighted by atomic mass is 9.85. The molecule has 2 aromatic rings. The first-order valence-electron chi connectivity index (χ1n) is 11.9. The van der Waals surface area contributed by atoms with E-state index in [2.05, 4.69) is 10.6 Å². The maximum atomic E-state index is 12.8. The molecule has 4 rings (SSSR count). The minimum absolute atomic E-state index is 0.0237. The van der Waals surface area contributed by atoms with E-state index in [0.717, 1.165) is 42.8 Å². The molecule has 2 fully saturated rings. The van der Waals surface area contributed by atoms with Crippen molar-refractivity contribution < 1.29 is 23.5 Å². The zero-order chi connectivity index (χ0) is 24.3. The van der Waals surface area contributed by atoms with Crippen molar-refractivity contribution >= 4 is 46.3 Å². The van der Waals surface area contributed by atoms with Crippen molar-refractivity contribution in [3.63, 3.8) is 0 Å². The first-order valence-corrected chi connectivity index (χ1v) is 13.0. The van der Waals surface area contributed by atoms with Gasteiger partial charge in [-0.2, -0.15) is 11.8 Å². The van der Waals surface area contributed by atoms with Gasteiger partial charge in [0, 0.05) is 47.6 Å². The third kappa shape index (κ3) is 6.25. The van der Waals surface area contributed by atoms with Crippen LogP contribution in [0.2, 0.25) is 0 Å². The molecule has 2 N–H and O–H groups in total. The van der Waals surface area contributed by atoms with Gasteiger partial charge < -0.3 is 24.7 Å². The van der Waals surface area contributed by atoms with Gasteiger partial charge in [-0.3, -0.25) is 9.59 Å². The van der Waals surface area contributed by atoms with Crippen molar-refractivity contribution in [2.45, 2.75) is 58.1 Å².